The molecule has 9 aromatic rings. The number of hydrogen-bond acceptors (Lipinski definition) is 2. The summed E-state index contributed by atoms with van der Waals surface area (Å²) in [5.74, 6) is 0.726. The van der Waals surface area contributed by atoms with Gasteiger partial charge in [0.15, 0.2) is 5.82 Å². The first-order valence-corrected chi connectivity index (χ1v) is 16.3. The van der Waals surface area contributed by atoms with E-state index in [9.17, 15) is 0 Å². The number of rotatable bonds is 5. The van der Waals surface area contributed by atoms with Gasteiger partial charge in [0.05, 0.1) is 11.4 Å². The summed E-state index contributed by atoms with van der Waals surface area (Å²) in [6.07, 6.45) is 0. The van der Waals surface area contributed by atoms with E-state index in [1.165, 1.54) is 43.8 Å². The van der Waals surface area contributed by atoms with Crippen molar-refractivity contribution in [3.8, 4) is 56.2 Å². The van der Waals surface area contributed by atoms with E-state index in [0.29, 0.717) is 0 Å². The average molecular weight is 611 g/mol. The Balaban J connectivity index is 1.20. The number of fused-ring (bicyclic) bond motifs is 4. The smallest absolute Gasteiger partial charge is 0.161 e. The summed E-state index contributed by atoms with van der Waals surface area (Å²) in [5, 5.41) is 7.13. The van der Waals surface area contributed by atoms with Gasteiger partial charge in [0.2, 0.25) is 0 Å². The summed E-state index contributed by atoms with van der Waals surface area (Å²) in [5.41, 5.74) is 9.76. The van der Waals surface area contributed by atoms with Crippen LogP contribution in [0, 0.1) is 0 Å². The topological polar surface area (TPSA) is 25.8 Å². The monoisotopic (exact) mass is 610 g/mol. The second kappa shape index (κ2) is 11.8. The standard InChI is InChI=1S/C46H30N2/c1-3-11-31(12-4-1)32-19-21-33(22-20-32)34-23-25-37(26-24-34)44-30-43(36-14-5-2-6-15-36)47-46(48-44)45-40-18-10-8-16-38(40)29-42-39-17-9-7-13-35(39)27-28-41(42)45/h1-30H. The van der Waals surface area contributed by atoms with Gasteiger partial charge < -0.3 is 0 Å². The Morgan fingerprint density at radius 2 is 0.729 bits per heavy atom. The molecule has 48 heavy (non-hydrogen) atoms. The van der Waals surface area contributed by atoms with E-state index in [2.05, 4.69) is 176 Å². The molecular formula is C46H30N2. The van der Waals surface area contributed by atoms with Crippen LogP contribution in [0.25, 0.3) is 88.5 Å². The van der Waals surface area contributed by atoms with Gasteiger partial charge in [-0.15, -0.1) is 0 Å². The molecule has 1 heterocycles. The van der Waals surface area contributed by atoms with Crippen LogP contribution in [0.1, 0.15) is 0 Å². The molecule has 0 aliphatic heterocycles. The summed E-state index contributed by atoms with van der Waals surface area (Å²) in [6, 6.07) is 64.5. The molecule has 2 heteroatoms. The fraction of sp³-hybridized carbons (Fsp3) is 0. The van der Waals surface area contributed by atoms with Gasteiger partial charge in [-0.25, -0.2) is 9.97 Å². The van der Waals surface area contributed by atoms with Crippen molar-refractivity contribution in [2.24, 2.45) is 0 Å². The number of hydrogen-bond donors (Lipinski definition) is 0. The van der Waals surface area contributed by atoms with Gasteiger partial charge in [-0.2, -0.15) is 0 Å². The van der Waals surface area contributed by atoms with Crippen molar-refractivity contribution in [2.75, 3.05) is 0 Å². The molecule has 0 aliphatic carbocycles. The third-order valence-corrected chi connectivity index (χ3v) is 9.30. The minimum absolute atomic E-state index is 0.726. The third-order valence-electron chi connectivity index (χ3n) is 9.30. The van der Waals surface area contributed by atoms with E-state index < -0.39 is 0 Å². The predicted octanol–water partition coefficient (Wildman–Crippen LogP) is 12.3. The van der Waals surface area contributed by atoms with Gasteiger partial charge in [-0.3, -0.25) is 0 Å². The largest absolute Gasteiger partial charge is 0.228 e. The van der Waals surface area contributed by atoms with Crippen molar-refractivity contribution in [1.29, 1.82) is 0 Å². The quantitative estimate of drug-likeness (QED) is 0.143. The fourth-order valence-electron chi connectivity index (χ4n) is 6.84. The summed E-state index contributed by atoms with van der Waals surface area (Å²) < 4.78 is 0. The maximum atomic E-state index is 5.32. The van der Waals surface area contributed by atoms with Gasteiger partial charge >= 0.3 is 0 Å². The highest BCUT2D eigenvalue weighted by atomic mass is 14.9. The molecule has 0 atom stereocenters. The molecule has 0 saturated heterocycles. The summed E-state index contributed by atoms with van der Waals surface area (Å²) >= 11 is 0. The van der Waals surface area contributed by atoms with Crippen LogP contribution >= 0.6 is 0 Å². The Bertz CT molecular complexity index is 2570. The SMILES string of the molecule is c1ccc(-c2ccc(-c3ccc(-c4cc(-c5ccccc5)nc(-c5c6ccccc6cc6c5ccc5ccccc56)n4)cc3)cc2)cc1. The molecule has 9 rings (SSSR count). The predicted molar refractivity (Wildman–Crippen MR) is 202 cm³/mol. The Morgan fingerprint density at radius 3 is 1.35 bits per heavy atom. The third kappa shape index (κ3) is 5.01. The maximum absolute atomic E-state index is 5.32. The van der Waals surface area contributed by atoms with Gasteiger partial charge in [0.25, 0.3) is 0 Å². The normalized spacial score (nSPS) is 11.3. The minimum atomic E-state index is 0.726. The zero-order chi connectivity index (χ0) is 31.9. The van der Waals surface area contributed by atoms with Crippen LogP contribution in [0.15, 0.2) is 182 Å². The van der Waals surface area contributed by atoms with Gasteiger partial charge in [0.1, 0.15) is 0 Å². The van der Waals surface area contributed by atoms with Crippen molar-refractivity contribution in [1.82, 2.24) is 9.97 Å². The van der Waals surface area contributed by atoms with Crippen LogP contribution in [-0.4, -0.2) is 9.97 Å². The lowest BCUT2D eigenvalue weighted by Gasteiger charge is -2.15. The van der Waals surface area contributed by atoms with E-state index in [-0.39, 0.29) is 0 Å². The van der Waals surface area contributed by atoms with E-state index >= 15 is 0 Å². The van der Waals surface area contributed by atoms with Crippen LogP contribution in [0.5, 0.6) is 0 Å². The van der Waals surface area contributed by atoms with Crippen molar-refractivity contribution < 1.29 is 0 Å². The Kier molecular flexibility index (Phi) is 6.84. The molecule has 0 N–H and O–H groups in total. The highest BCUT2D eigenvalue weighted by molar-refractivity contribution is 6.19. The van der Waals surface area contributed by atoms with Crippen LogP contribution in [0.4, 0.5) is 0 Å². The fourth-order valence-corrected chi connectivity index (χ4v) is 6.84. The zero-order valence-corrected chi connectivity index (χ0v) is 26.2. The van der Waals surface area contributed by atoms with Crippen molar-refractivity contribution in [3.63, 3.8) is 0 Å². The van der Waals surface area contributed by atoms with Crippen molar-refractivity contribution >= 4 is 32.3 Å². The minimum Gasteiger partial charge on any atom is -0.228 e. The molecule has 1 aromatic heterocycles. The number of aromatic nitrogens is 2. The highest BCUT2D eigenvalue weighted by Crippen LogP contribution is 2.39. The molecule has 0 bridgehead atoms. The lowest BCUT2D eigenvalue weighted by atomic mass is 9.92. The van der Waals surface area contributed by atoms with Gasteiger partial charge in [-0.1, -0.05) is 170 Å². The van der Waals surface area contributed by atoms with Gasteiger partial charge in [0, 0.05) is 16.7 Å². The molecule has 2 nitrogen and oxygen atoms in total. The molecule has 0 amide bonds. The Hall–Kier alpha value is -6.38. The van der Waals surface area contributed by atoms with Crippen LogP contribution in [0.3, 0.4) is 0 Å². The molecule has 0 aliphatic rings. The molecule has 0 unspecified atom stereocenters. The van der Waals surface area contributed by atoms with E-state index in [1.807, 2.05) is 6.07 Å². The molecule has 0 fully saturated rings. The van der Waals surface area contributed by atoms with E-state index in [0.717, 1.165) is 44.7 Å². The van der Waals surface area contributed by atoms with Crippen LogP contribution < -0.4 is 0 Å². The molecule has 8 aromatic carbocycles. The van der Waals surface area contributed by atoms with Crippen LogP contribution in [0.2, 0.25) is 0 Å². The number of nitrogens with zero attached hydrogens (tertiary/aromatic N) is 2. The first-order valence-electron chi connectivity index (χ1n) is 16.3. The lowest BCUT2D eigenvalue weighted by molar-refractivity contribution is 1.19. The van der Waals surface area contributed by atoms with E-state index in [1.54, 1.807) is 0 Å². The van der Waals surface area contributed by atoms with Gasteiger partial charge in [-0.05, 0) is 66.7 Å². The zero-order valence-electron chi connectivity index (χ0n) is 26.2. The number of benzene rings is 8. The Morgan fingerprint density at radius 1 is 0.271 bits per heavy atom. The molecule has 0 radical (unpaired) electrons. The van der Waals surface area contributed by atoms with Crippen molar-refractivity contribution in [2.45, 2.75) is 0 Å². The summed E-state index contributed by atoms with van der Waals surface area (Å²) in [6.45, 7) is 0. The molecular weight excluding hydrogens is 581 g/mol. The first-order chi connectivity index (χ1) is 23.8. The Labute approximate surface area is 279 Å². The van der Waals surface area contributed by atoms with E-state index in [4.69, 9.17) is 9.97 Å². The summed E-state index contributed by atoms with van der Waals surface area (Å²) in [4.78, 5) is 10.6. The highest BCUT2D eigenvalue weighted by Gasteiger charge is 2.17. The maximum Gasteiger partial charge on any atom is 0.161 e. The van der Waals surface area contributed by atoms with Crippen LogP contribution in [-0.2, 0) is 0 Å². The van der Waals surface area contributed by atoms with Crippen molar-refractivity contribution in [3.05, 3.63) is 182 Å². The first kappa shape index (κ1) is 27.9. The molecule has 224 valence electrons. The average Bonchev–Trinajstić information content (AvgIpc) is 3.17. The summed E-state index contributed by atoms with van der Waals surface area (Å²) in [7, 11) is 0. The molecule has 0 spiro atoms. The molecule has 0 saturated carbocycles. The second-order valence-corrected chi connectivity index (χ2v) is 12.2. The lowest BCUT2D eigenvalue weighted by Crippen LogP contribution is -1.98. The second-order valence-electron chi connectivity index (χ2n) is 12.2.